The van der Waals surface area contributed by atoms with Crippen LogP contribution in [0.2, 0.25) is 0 Å². The molecule has 2 aromatic heterocycles. The monoisotopic (exact) mass is 247 g/mol. The summed E-state index contributed by atoms with van der Waals surface area (Å²) in [5.41, 5.74) is -0.00356. The lowest BCUT2D eigenvalue weighted by atomic mass is 9.84. The molecule has 0 aromatic carbocycles. The van der Waals surface area contributed by atoms with Crippen LogP contribution in [-0.2, 0) is 12.5 Å². The molecule has 6 heteroatoms. The van der Waals surface area contributed by atoms with Crippen LogP contribution in [0.1, 0.15) is 25.7 Å². The molecule has 3 heterocycles. The number of nitrogens with zero attached hydrogens (tertiary/aromatic N) is 4. The van der Waals surface area contributed by atoms with Gasteiger partial charge in [-0.25, -0.2) is 4.98 Å². The average Bonchev–Trinajstić information content (AvgIpc) is 3.08. The highest BCUT2D eigenvalue weighted by Crippen LogP contribution is 2.33. The van der Waals surface area contributed by atoms with E-state index in [4.69, 9.17) is 4.52 Å². The molecule has 0 aliphatic carbocycles. The number of aryl methyl sites for hydroxylation is 1. The third-order valence-corrected chi connectivity index (χ3v) is 3.82. The molecule has 96 valence electrons. The van der Waals surface area contributed by atoms with Crippen LogP contribution >= 0.6 is 0 Å². The predicted molar refractivity (Wildman–Crippen MR) is 66.0 cm³/mol. The van der Waals surface area contributed by atoms with E-state index < -0.39 is 0 Å². The zero-order chi connectivity index (χ0) is 12.6. The Bertz CT molecular complexity index is 538. The molecule has 1 saturated heterocycles. The predicted octanol–water partition coefficient (Wildman–Crippen LogP) is 1.11. The van der Waals surface area contributed by atoms with Crippen LogP contribution in [-0.4, -0.2) is 32.8 Å². The van der Waals surface area contributed by atoms with Gasteiger partial charge < -0.3 is 14.4 Å². The average molecular weight is 247 g/mol. The lowest BCUT2D eigenvalue weighted by Gasteiger charge is -2.20. The van der Waals surface area contributed by atoms with Crippen LogP contribution in [0.4, 0.5) is 0 Å². The summed E-state index contributed by atoms with van der Waals surface area (Å²) in [6.07, 6.45) is 5.66. The molecule has 1 fully saturated rings. The van der Waals surface area contributed by atoms with Crippen molar-refractivity contribution in [1.29, 1.82) is 0 Å². The quantitative estimate of drug-likeness (QED) is 0.880. The van der Waals surface area contributed by atoms with Gasteiger partial charge in [-0.05, 0) is 19.4 Å². The molecular formula is C12H17N5O. The van der Waals surface area contributed by atoms with Crippen molar-refractivity contribution in [2.45, 2.75) is 25.2 Å². The maximum Gasteiger partial charge on any atom is 0.238 e. The molecule has 0 amide bonds. The minimum absolute atomic E-state index is 0.00356. The van der Waals surface area contributed by atoms with E-state index in [9.17, 15) is 0 Å². The van der Waals surface area contributed by atoms with E-state index >= 15 is 0 Å². The third-order valence-electron chi connectivity index (χ3n) is 3.82. The maximum absolute atomic E-state index is 5.47. The van der Waals surface area contributed by atoms with Crippen LogP contribution in [0.5, 0.6) is 0 Å². The summed E-state index contributed by atoms with van der Waals surface area (Å²) in [4.78, 5) is 8.77. The molecule has 0 spiro atoms. The largest absolute Gasteiger partial charge is 0.338 e. The topological polar surface area (TPSA) is 68.8 Å². The number of imidazole rings is 1. The molecule has 3 rings (SSSR count). The van der Waals surface area contributed by atoms with Crippen molar-refractivity contribution in [3.8, 4) is 11.6 Å². The second-order valence-electron chi connectivity index (χ2n) is 4.85. The van der Waals surface area contributed by atoms with E-state index in [0.717, 1.165) is 37.6 Å². The van der Waals surface area contributed by atoms with Gasteiger partial charge in [-0.2, -0.15) is 4.98 Å². The molecule has 0 saturated carbocycles. The Balaban J connectivity index is 1.96. The zero-order valence-electron chi connectivity index (χ0n) is 10.7. The van der Waals surface area contributed by atoms with E-state index in [1.807, 2.05) is 17.8 Å². The smallest absolute Gasteiger partial charge is 0.238 e. The van der Waals surface area contributed by atoms with Crippen molar-refractivity contribution >= 4 is 0 Å². The standard InChI is InChI=1S/C12H17N5O/c1-3-12(4-5-13-8-12)11-15-9(16-18-11)10-14-6-7-17(10)2/h6-7,13H,3-5,8H2,1-2H3. The van der Waals surface area contributed by atoms with Gasteiger partial charge in [0.1, 0.15) is 0 Å². The van der Waals surface area contributed by atoms with Gasteiger partial charge in [-0.15, -0.1) is 0 Å². The highest BCUT2D eigenvalue weighted by Gasteiger charge is 2.39. The van der Waals surface area contributed by atoms with Crippen LogP contribution in [0.15, 0.2) is 16.9 Å². The van der Waals surface area contributed by atoms with E-state index in [2.05, 4.69) is 27.4 Å². The van der Waals surface area contributed by atoms with Crippen molar-refractivity contribution in [3.05, 3.63) is 18.3 Å². The van der Waals surface area contributed by atoms with E-state index in [-0.39, 0.29) is 5.41 Å². The van der Waals surface area contributed by atoms with Crippen molar-refractivity contribution in [2.24, 2.45) is 7.05 Å². The van der Waals surface area contributed by atoms with Gasteiger partial charge in [0, 0.05) is 26.0 Å². The molecule has 6 nitrogen and oxygen atoms in total. The third kappa shape index (κ3) is 1.64. The molecule has 0 radical (unpaired) electrons. The Morgan fingerprint density at radius 3 is 3.06 bits per heavy atom. The Kier molecular flexibility index (Phi) is 2.66. The first-order valence-electron chi connectivity index (χ1n) is 6.28. The first kappa shape index (κ1) is 11.4. The van der Waals surface area contributed by atoms with Gasteiger partial charge in [-0.1, -0.05) is 12.1 Å². The fraction of sp³-hybridized carbons (Fsp3) is 0.583. The number of aromatic nitrogens is 4. The van der Waals surface area contributed by atoms with Gasteiger partial charge in [0.15, 0.2) is 5.82 Å². The highest BCUT2D eigenvalue weighted by atomic mass is 16.5. The van der Waals surface area contributed by atoms with Gasteiger partial charge in [0.2, 0.25) is 11.7 Å². The molecule has 1 unspecified atom stereocenters. The molecular weight excluding hydrogens is 230 g/mol. The van der Waals surface area contributed by atoms with Gasteiger partial charge >= 0.3 is 0 Å². The normalized spacial score (nSPS) is 23.7. The maximum atomic E-state index is 5.47. The van der Waals surface area contributed by atoms with Gasteiger partial charge in [0.25, 0.3) is 0 Å². The minimum Gasteiger partial charge on any atom is -0.338 e. The Morgan fingerprint density at radius 2 is 2.44 bits per heavy atom. The van der Waals surface area contributed by atoms with Crippen molar-refractivity contribution in [3.63, 3.8) is 0 Å². The van der Waals surface area contributed by atoms with E-state index in [0.29, 0.717) is 5.82 Å². The van der Waals surface area contributed by atoms with Crippen molar-refractivity contribution in [1.82, 2.24) is 25.0 Å². The Morgan fingerprint density at radius 1 is 1.56 bits per heavy atom. The SMILES string of the molecule is CCC1(c2nc(-c3nccn3C)no2)CCNC1. The molecule has 18 heavy (non-hydrogen) atoms. The van der Waals surface area contributed by atoms with E-state index in [1.165, 1.54) is 0 Å². The summed E-state index contributed by atoms with van der Waals surface area (Å²) in [7, 11) is 1.92. The number of hydrogen-bond acceptors (Lipinski definition) is 5. The highest BCUT2D eigenvalue weighted by molar-refractivity contribution is 5.42. The van der Waals surface area contributed by atoms with Gasteiger partial charge in [-0.3, -0.25) is 0 Å². The van der Waals surface area contributed by atoms with Crippen molar-refractivity contribution in [2.75, 3.05) is 13.1 Å². The van der Waals surface area contributed by atoms with Crippen LogP contribution in [0.3, 0.4) is 0 Å². The fourth-order valence-electron chi connectivity index (χ4n) is 2.49. The second-order valence-corrected chi connectivity index (χ2v) is 4.85. The molecule has 1 atom stereocenters. The van der Waals surface area contributed by atoms with Gasteiger partial charge in [0.05, 0.1) is 5.41 Å². The molecule has 1 aliphatic rings. The lowest BCUT2D eigenvalue weighted by molar-refractivity contribution is 0.285. The van der Waals surface area contributed by atoms with Crippen LogP contribution in [0, 0.1) is 0 Å². The summed E-state index contributed by atoms with van der Waals surface area (Å²) < 4.78 is 7.36. The van der Waals surface area contributed by atoms with Crippen molar-refractivity contribution < 1.29 is 4.52 Å². The first-order valence-corrected chi connectivity index (χ1v) is 6.28. The lowest BCUT2D eigenvalue weighted by Crippen LogP contribution is -2.28. The minimum atomic E-state index is -0.00356. The van der Waals surface area contributed by atoms with Crippen LogP contribution in [0.25, 0.3) is 11.6 Å². The summed E-state index contributed by atoms with van der Waals surface area (Å²) in [5, 5.41) is 7.43. The summed E-state index contributed by atoms with van der Waals surface area (Å²) in [5.74, 6) is 2.03. The van der Waals surface area contributed by atoms with E-state index in [1.54, 1.807) is 6.20 Å². The van der Waals surface area contributed by atoms with Crippen LogP contribution < -0.4 is 5.32 Å². The molecule has 1 N–H and O–H groups in total. The fourth-order valence-corrected chi connectivity index (χ4v) is 2.49. The summed E-state index contributed by atoms with van der Waals surface area (Å²) in [6.45, 7) is 4.08. The Labute approximate surface area is 105 Å². The number of nitrogens with one attached hydrogen (secondary N) is 1. The first-order chi connectivity index (χ1) is 8.75. The Hall–Kier alpha value is -1.69. The zero-order valence-corrected chi connectivity index (χ0v) is 10.7. The molecule has 0 bridgehead atoms. The second kappa shape index (κ2) is 4.20. The summed E-state index contributed by atoms with van der Waals surface area (Å²) in [6, 6.07) is 0. The molecule has 1 aliphatic heterocycles. The number of rotatable bonds is 3. The summed E-state index contributed by atoms with van der Waals surface area (Å²) >= 11 is 0. The molecule has 2 aromatic rings. The number of hydrogen-bond donors (Lipinski definition) is 1.